The number of amides is 1. The number of anilines is 1. The molecule has 2 rings (SSSR count). The molecule has 1 aromatic carbocycles. The number of hydrogen-bond donors (Lipinski definition) is 2. The average Bonchev–Trinajstić information content (AvgIpc) is 2.86. The fraction of sp³-hybridized carbons (Fsp3) is 0.214. The zero-order chi connectivity index (χ0) is 13.8. The fourth-order valence-electron chi connectivity index (χ4n) is 2.06. The second kappa shape index (κ2) is 5.86. The Kier molecular flexibility index (Phi) is 4.19. The van der Waals surface area contributed by atoms with E-state index in [0.717, 1.165) is 11.3 Å². The number of hydrazine groups is 1. The van der Waals surface area contributed by atoms with Gasteiger partial charge in [-0.25, -0.2) is 5.84 Å². The fourth-order valence-corrected chi connectivity index (χ4v) is 2.88. The first-order valence-electron chi connectivity index (χ1n) is 5.97. The van der Waals surface area contributed by atoms with Crippen LogP contribution < -0.4 is 16.2 Å². The van der Waals surface area contributed by atoms with Gasteiger partial charge in [-0.2, -0.15) is 0 Å². The number of benzene rings is 1. The van der Waals surface area contributed by atoms with Crippen LogP contribution in [0.25, 0.3) is 0 Å². The van der Waals surface area contributed by atoms with E-state index in [-0.39, 0.29) is 5.91 Å². The molecule has 1 aromatic heterocycles. The molecular formula is C14H17N3OS. The van der Waals surface area contributed by atoms with E-state index in [1.807, 2.05) is 30.6 Å². The molecule has 100 valence electrons. The Morgan fingerprint density at radius 1 is 1.37 bits per heavy atom. The summed E-state index contributed by atoms with van der Waals surface area (Å²) in [7, 11) is 2.02. The van der Waals surface area contributed by atoms with Crippen LogP contribution in [-0.4, -0.2) is 13.0 Å². The van der Waals surface area contributed by atoms with Crippen LogP contribution in [0.4, 0.5) is 5.69 Å². The number of hydrogen-bond acceptors (Lipinski definition) is 4. The van der Waals surface area contributed by atoms with Gasteiger partial charge in [-0.3, -0.25) is 10.2 Å². The Bertz CT molecular complexity index is 580. The van der Waals surface area contributed by atoms with Crippen LogP contribution in [0.5, 0.6) is 0 Å². The van der Waals surface area contributed by atoms with Crippen molar-refractivity contribution >= 4 is 22.9 Å². The van der Waals surface area contributed by atoms with Crippen molar-refractivity contribution in [2.45, 2.75) is 13.5 Å². The monoisotopic (exact) mass is 275 g/mol. The largest absolute Gasteiger partial charge is 0.370 e. The number of rotatable bonds is 4. The van der Waals surface area contributed by atoms with Crippen molar-refractivity contribution in [1.82, 2.24) is 5.43 Å². The summed E-state index contributed by atoms with van der Waals surface area (Å²) in [6.45, 7) is 2.75. The molecule has 1 amide bonds. The van der Waals surface area contributed by atoms with Crippen LogP contribution in [0, 0.1) is 6.92 Å². The summed E-state index contributed by atoms with van der Waals surface area (Å²) < 4.78 is 0. The number of nitrogens with one attached hydrogen (secondary N) is 1. The SMILES string of the molecule is Cc1ccccc1N(C)Cc1ccsc1C(=O)NN. The summed E-state index contributed by atoms with van der Waals surface area (Å²) in [4.78, 5) is 14.4. The average molecular weight is 275 g/mol. The van der Waals surface area contributed by atoms with Crippen LogP contribution in [0.1, 0.15) is 20.8 Å². The van der Waals surface area contributed by atoms with Crippen LogP contribution in [-0.2, 0) is 6.54 Å². The van der Waals surface area contributed by atoms with Crippen molar-refractivity contribution in [3.8, 4) is 0 Å². The van der Waals surface area contributed by atoms with E-state index >= 15 is 0 Å². The van der Waals surface area contributed by atoms with Crippen molar-refractivity contribution in [1.29, 1.82) is 0 Å². The number of thiophene rings is 1. The highest BCUT2D eigenvalue weighted by Gasteiger charge is 2.14. The topological polar surface area (TPSA) is 58.4 Å². The van der Waals surface area contributed by atoms with Gasteiger partial charge in [0.15, 0.2) is 0 Å². The molecule has 0 unspecified atom stereocenters. The van der Waals surface area contributed by atoms with Gasteiger partial charge in [0.2, 0.25) is 0 Å². The zero-order valence-electron chi connectivity index (χ0n) is 11.0. The second-order valence-electron chi connectivity index (χ2n) is 4.39. The summed E-state index contributed by atoms with van der Waals surface area (Å²) in [5.74, 6) is 4.96. The minimum Gasteiger partial charge on any atom is -0.370 e. The van der Waals surface area contributed by atoms with Gasteiger partial charge < -0.3 is 4.90 Å². The number of nitrogens with two attached hydrogens (primary N) is 1. The Hall–Kier alpha value is -1.85. The van der Waals surface area contributed by atoms with Gasteiger partial charge in [-0.15, -0.1) is 11.3 Å². The van der Waals surface area contributed by atoms with Crippen molar-refractivity contribution in [2.24, 2.45) is 5.84 Å². The van der Waals surface area contributed by atoms with E-state index in [9.17, 15) is 4.79 Å². The Morgan fingerprint density at radius 3 is 2.79 bits per heavy atom. The van der Waals surface area contributed by atoms with E-state index in [1.165, 1.54) is 16.9 Å². The third-order valence-electron chi connectivity index (χ3n) is 3.02. The first-order valence-corrected chi connectivity index (χ1v) is 6.85. The highest BCUT2D eigenvalue weighted by Crippen LogP contribution is 2.23. The van der Waals surface area contributed by atoms with Crippen LogP contribution in [0.3, 0.4) is 0 Å². The molecule has 0 aliphatic carbocycles. The first-order chi connectivity index (χ1) is 9.13. The molecule has 0 fully saturated rings. The highest BCUT2D eigenvalue weighted by molar-refractivity contribution is 7.12. The van der Waals surface area contributed by atoms with Gasteiger partial charge >= 0.3 is 0 Å². The molecule has 4 nitrogen and oxygen atoms in total. The Labute approximate surface area is 116 Å². The quantitative estimate of drug-likeness (QED) is 0.511. The maximum atomic E-state index is 11.6. The number of carbonyl (C=O) groups excluding carboxylic acids is 1. The second-order valence-corrected chi connectivity index (χ2v) is 5.31. The van der Waals surface area contributed by atoms with Crippen LogP contribution in [0.2, 0.25) is 0 Å². The van der Waals surface area contributed by atoms with Gasteiger partial charge in [-0.05, 0) is 35.6 Å². The predicted molar refractivity (Wildman–Crippen MR) is 79.3 cm³/mol. The van der Waals surface area contributed by atoms with E-state index in [2.05, 4.69) is 29.4 Å². The summed E-state index contributed by atoms with van der Waals surface area (Å²) in [6.07, 6.45) is 0. The lowest BCUT2D eigenvalue weighted by Crippen LogP contribution is -2.30. The van der Waals surface area contributed by atoms with Gasteiger partial charge in [-0.1, -0.05) is 18.2 Å². The lowest BCUT2D eigenvalue weighted by Gasteiger charge is -2.21. The minimum absolute atomic E-state index is 0.233. The molecule has 0 atom stereocenters. The summed E-state index contributed by atoms with van der Waals surface area (Å²) in [5.41, 5.74) is 5.54. The smallest absolute Gasteiger partial charge is 0.275 e. The van der Waals surface area contributed by atoms with Crippen molar-refractivity contribution in [3.05, 3.63) is 51.7 Å². The normalized spacial score (nSPS) is 10.3. The molecule has 0 radical (unpaired) electrons. The lowest BCUT2D eigenvalue weighted by atomic mass is 10.1. The van der Waals surface area contributed by atoms with E-state index in [0.29, 0.717) is 11.4 Å². The predicted octanol–water partition coefficient (Wildman–Crippen LogP) is 2.30. The van der Waals surface area contributed by atoms with E-state index in [4.69, 9.17) is 5.84 Å². The van der Waals surface area contributed by atoms with Crippen molar-refractivity contribution < 1.29 is 4.79 Å². The Morgan fingerprint density at radius 2 is 2.11 bits per heavy atom. The molecule has 19 heavy (non-hydrogen) atoms. The molecule has 3 N–H and O–H groups in total. The van der Waals surface area contributed by atoms with E-state index in [1.54, 1.807) is 0 Å². The molecule has 0 saturated heterocycles. The number of aryl methyl sites for hydroxylation is 1. The minimum atomic E-state index is -0.233. The van der Waals surface area contributed by atoms with Crippen LogP contribution in [0.15, 0.2) is 35.7 Å². The maximum Gasteiger partial charge on any atom is 0.275 e. The third kappa shape index (κ3) is 2.94. The number of carbonyl (C=O) groups is 1. The number of para-hydroxylation sites is 1. The van der Waals surface area contributed by atoms with Gasteiger partial charge in [0.05, 0.1) is 4.88 Å². The zero-order valence-corrected chi connectivity index (χ0v) is 11.8. The molecule has 2 aromatic rings. The summed E-state index contributed by atoms with van der Waals surface area (Å²) in [5, 5.41) is 1.91. The van der Waals surface area contributed by atoms with Gasteiger partial charge in [0.1, 0.15) is 0 Å². The molecule has 0 bridgehead atoms. The molecule has 1 heterocycles. The highest BCUT2D eigenvalue weighted by atomic mass is 32.1. The maximum absolute atomic E-state index is 11.6. The molecular weight excluding hydrogens is 258 g/mol. The van der Waals surface area contributed by atoms with Crippen molar-refractivity contribution in [3.63, 3.8) is 0 Å². The molecule has 5 heteroatoms. The Balaban J connectivity index is 2.20. The first kappa shape index (κ1) is 13.6. The van der Waals surface area contributed by atoms with E-state index < -0.39 is 0 Å². The number of nitrogen functional groups attached to an aromatic ring is 1. The van der Waals surface area contributed by atoms with Gasteiger partial charge in [0.25, 0.3) is 5.91 Å². The summed E-state index contributed by atoms with van der Waals surface area (Å²) in [6, 6.07) is 10.1. The third-order valence-corrected chi connectivity index (χ3v) is 3.97. The van der Waals surface area contributed by atoms with Gasteiger partial charge in [0, 0.05) is 19.3 Å². The van der Waals surface area contributed by atoms with Crippen molar-refractivity contribution in [2.75, 3.05) is 11.9 Å². The standard InChI is InChI=1S/C14H17N3OS/c1-10-5-3-4-6-12(10)17(2)9-11-7-8-19-13(11)14(18)16-15/h3-8H,9,15H2,1-2H3,(H,16,18). The lowest BCUT2D eigenvalue weighted by molar-refractivity contribution is 0.0957. The molecule has 0 aliphatic rings. The number of nitrogens with zero attached hydrogens (tertiary/aromatic N) is 1. The van der Waals surface area contributed by atoms with Crippen LogP contribution >= 0.6 is 11.3 Å². The summed E-state index contributed by atoms with van der Waals surface area (Å²) >= 11 is 1.40. The molecule has 0 saturated carbocycles. The molecule has 0 aliphatic heterocycles. The molecule has 0 spiro atoms.